The summed E-state index contributed by atoms with van der Waals surface area (Å²) < 4.78 is 1.16. The Morgan fingerprint density at radius 3 is 2.74 bits per heavy atom. The zero-order valence-corrected chi connectivity index (χ0v) is 18.3. The molecule has 3 aromatic rings. The number of para-hydroxylation sites is 1. The van der Waals surface area contributed by atoms with Gasteiger partial charge in [-0.3, -0.25) is 9.59 Å². The summed E-state index contributed by atoms with van der Waals surface area (Å²) in [6.07, 6.45) is 7.07. The molecule has 5 nitrogen and oxygen atoms in total. The van der Waals surface area contributed by atoms with Gasteiger partial charge in [-0.05, 0) is 48.6 Å². The van der Waals surface area contributed by atoms with Crippen molar-refractivity contribution in [1.82, 2.24) is 14.8 Å². The Bertz CT molecular complexity index is 1140. The zero-order chi connectivity index (χ0) is 21.4. The van der Waals surface area contributed by atoms with Crippen molar-refractivity contribution in [3.8, 4) is 0 Å². The highest BCUT2D eigenvalue weighted by Gasteiger charge is 2.34. The van der Waals surface area contributed by atoms with Crippen molar-refractivity contribution in [2.45, 2.75) is 44.7 Å². The average molecular weight is 432 g/mol. The number of piperidine rings is 1. The maximum Gasteiger partial charge on any atom is 0.225 e. The SMILES string of the molecule is CC(=O)N1C=Cc2ccccc2C1CC(=O)N1CCCCC1c1nc2ccccc2s1. The van der Waals surface area contributed by atoms with Gasteiger partial charge in [0.05, 0.1) is 28.7 Å². The van der Waals surface area contributed by atoms with Crippen LogP contribution < -0.4 is 0 Å². The molecule has 31 heavy (non-hydrogen) atoms. The second-order valence-corrected chi connectivity index (χ2v) is 9.27. The van der Waals surface area contributed by atoms with Crippen LogP contribution in [-0.2, 0) is 9.59 Å². The predicted octanol–water partition coefficient (Wildman–Crippen LogP) is 5.31. The molecule has 6 heteroatoms. The van der Waals surface area contributed by atoms with Gasteiger partial charge in [-0.1, -0.05) is 36.4 Å². The van der Waals surface area contributed by atoms with Crippen LogP contribution in [0.5, 0.6) is 0 Å². The van der Waals surface area contributed by atoms with Crippen molar-refractivity contribution < 1.29 is 9.59 Å². The number of amides is 2. The van der Waals surface area contributed by atoms with Crippen LogP contribution in [0.25, 0.3) is 16.3 Å². The number of fused-ring (bicyclic) bond motifs is 2. The van der Waals surface area contributed by atoms with Crippen molar-refractivity contribution in [2.75, 3.05) is 6.54 Å². The first kappa shape index (κ1) is 19.9. The smallest absolute Gasteiger partial charge is 0.225 e. The van der Waals surface area contributed by atoms with Crippen LogP contribution in [-0.4, -0.2) is 33.1 Å². The lowest BCUT2D eigenvalue weighted by molar-refractivity contribution is -0.137. The molecule has 5 rings (SSSR count). The standard InChI is InChI=1S/C25H25N3O2S/c1-17(29)27-15-13-18-8-2-3-9-19(18)22(27)16-24(30)28-14-7-6-11-21(28)25-26-20-10-4-5-12-23(20)31-25/h2-5,8-10,12-13,15,21-22H,6-7,11,14,16H2,1H3. The Morgan fingerprint density at radius 1 is 1.10 bits per heavy atom. The molecule has 158 valence electrons. The molecule has 1 saturated heterocycles. The Hall–Kier alpha value is -2.99. The summed E-state index contributed by atoms with van der Waals surface area (Å²) in [4.78, 5) is 34.4. The quantitative estimate of drug-likeness (QED) is 0.564. The van der Waals surface area contributed by atoms with Crippen molar-refractivity contribution in [3.05, 3.63) is 70.9 Å². The van der Waals surface area contributed by atoms with Crippen LogP contribution in [0.1, 0.15) is 60.8 Å². The van der Waals surface area contributed by atoms with Crippen molar-refractivity contribution in [2.24, 2.45) is 0 Å². The molecule has 0 spiro atoms. The summed E-state index contributed by atoms with van der Waals surface area (Å²) in [7, 11) is 0. The molecular formula is C25H25N3O2S. The minimum Gasteiger partial charge on any atom is -0.333 e. The van der Waals surface area contributed by atoms with Gasteiger partial charge in [-0.15, -0.1) is 11.3 Å². The number of benzene rings is 2. The third-order valence-electron chi connectivity index (χ3n) is 6.26. The topological polar surface area (TPSA) is 53.5 Å². The highest BCUT2D eigenvalue weighted by atomic mass is 32.1. The molecule has 2 aliphatic rings. The zero-order valence-electron chi connectivity index (χ0n) is 17.5. The van der Waals surface area contributed by atoms with E-state index in [9.17, 15) is 9.59 Å². The summed E-state index contributed by atoms with van der Waals surface area (Å²) in [6, 6.07) is 15.9. The Morgan fingerprint density at radius 2 is 1.90 bits per heavy atom. The van der Waals surface area contributed by atoms with Crippen molar-refractivity contribution >= 4 is 39.4 Å². The fourth-order valence-corrected chi connectivity index (χ4v) is 5.83. The van der Waals surface area contributed by atoms with E-state index >= 15 is 0 Å². The maximum atomic E-state index is 13.6. The molecule has 1 fully saturated rings. The molecule has 0 N–H and O–H groups in total. The lowest BCUT2D eigenvalue weighted by atomic mass is 9.92. The summed E-state index contributed by atoms with van der Waals surface area (Å²) >= 11 is 1.68. The molecule has 2 unspecified atom stereocenters. The van der Waals surface area contributed by atoms with Crippen LogP contribution in [0.4, 0.5) is 0 Å². The summed E-state index contributed by atoms with van der Waals surface area (Å²) in [5, 5.41) is 1.02. The monoisotopic (exact) mass is 431 g/mol. The van der Waals surface area contributed by atoms with Gasteiger partial charge in [0, 0.05) is 19.7 Å². The van der Waals surface area contributed by atoms with Gasteiger partial charge in [0.2, 0.25) is 11.8 Å². The number of nitrogens with zero attached hydrogens (tertiary/aromatic N) is 3. The van der Waals surface area contributed by atoms with E-state index in [0.717, 1.165) is 52.2 Å². The molecule has 0 radical (unpaired) electrons. The van der Waals surface area contributed by atoms with E-state index in [-0.39, 0.29) is 30.3 Å². The normalized spacial score (nSPS) is 20.7. The van der Waals surface area contributed by atoms with Gasteiger partial charge >= 0.3 is 0 Å². The lowest BCUT2D eigenvalue weighted by Gasteiger charge is -2.38. The molecule has 2 atom stereocenters. The number of hydrogen-bond acceptors (Lipinski definition) is 4. The van der Waals surface area contributed by atoms with E-state index in [1.165, 1.54) is 0 Å². The van der Waals surface area contributed by atoms with E-state index in [0.29, 0.717) is 0 Å². The predicted molar refractivity (Wildman–Crippen MR) is 123 cm³/mol. The fourth-order valence-electron chi connectivity index (χ4n) is 4.72. The third-order valence-corrected chi connectivity index (χ3v) is 7.39. The molecule has 1 aromatic heterocycles. The number of thiazole rings is 1. The molecule has 2 aromatic carbocycles. The molecular weight excluding hydrogens is 406 g/mol. The van der Waals surface area contributed by atoms with Gasteiger partial charge in [0.1, 0.15) is 5.01 Å². The minimum absolute atomic E-state index is 0.0128. The molecule has 2 aliphatic heterocycles. The van der Waals surface area contributed by atoms with Gasteiger partial charge in [0.15, 0.2) is 0 Å². The maximum absolute atomic E-state index is 13.6. The van der Waals surface area contributed by atoms with Gasteiger partial charge in [0.25, 0.3) is 0 Å². The van der Waals surface area contributed by atoms with Crippen LogP contribution in [0, 0.1) is 0 Å². The molecule has 3 heterocycles. The lowest BCUT2D eigenvalue weighted by Crippen LogP contribution is -2.41. The van der Waals surface area contributed by atoms with Gasteiger partial charge in [-0.25, -0.2) is 4.98 Å². The van der Waals surface area contributed by atoms with E-state index in [2.05, 4.69) is 6.07 Å². The second kappa shape index (κ2) is 8.27. The highest BCUT2D eigenvalue weighted by Crippen LogP contribution is 2.38. The van der Waals surface area contributed by atoms with E-state index in [4.69, 9.17) is 4.98 Å². The van der Waals surface area contributed by atoms with Gasteiger partial charge < -0.3 is 9.80 Å². The summed E-state index contributed by atoms with van der Waals surface area (Å²) in [5.74, 6) is 0.0372. The number of carbonyl (C=O) groups excluding carboxylic acids is 2. The van der Waals surface area contributed by atoms with E-state index < -0.39 is 0 Å². The number of rotatable bonds is 3. The van der Waals surface area contributed by atoms with Crippen molar-refractivity contribution in [3.63, 3.8) is 0 Å². The fraction of sp³-hybridized carbons (Fsp3) is 0.320. The number of aromatic nitrogens is 1. The van der Waals surface area contributed by atoms with E-state index in [1.807, 2.05) is 59.6 Å². The number of likely N-dealkylation sites (tertiary alicyclic amines) is 1. The Balaban J connectivity index is 1.43. The Kier molecular flexibility index (Phi) is 5.32. The highest BCUT2D eigenvalue weighted by molar-refractivity contribution is 7.18. The van der Waals surface area contributed by atoms with Crippen LogP contribution in [0.3, 0.4) is 0 Å². The van der Waals surface area contributed by atoms with Crippen LogP contribution >= 0.6 is 11.3 Å². The first-order valence-electron chi connectivity index (χ1n) is 10.8. The molecule has 2 amide bonds. The Labute approximate surface area is 186 Å². The first-order valence-corrected chi connectivity index (χ1v) is 11.6. The molecule has 0 bridgehead atoms. The average Bonchev–Trinajstić information content (AvgIpc) is 3.23. The minimum atomic E-state index is -0.274. The van der Waals surface area contributed by atoms with Crippen LogP contribution in [0.15, 0.2) is 54.7 Å². The largest absolute Gasteiger partial charge is 0.333 e. The van der Waals surface area contributed by atoms with Crippen LogP contribution in [0.2, 0.25) is 0 Å². The second-order valence-electron chi connectivity index (χ2n) is 8.21. The van der Waals surface area contributed by atoms with Gasteiger partial charge in [-0.2, -0.15) is 0 Å². The number of carbonyl (C=O) groups is 2. The molecule has 0 saturated carbocycles. The summed E-state index contributed by atoms with van der Waals surface area (Å²) in [6.45, 7) is 2.30. The van der Waals surface area contributed by atoms with E-state index in [1.54, 1.807) is 23.2 Å². The first-order chi connectivity index (χ1) is 15.1. The summed E-state index contributed by atoms with van der Waals surface area (Å²) in [5.41, 5.74) is 3.09. The third kappa shape index (κ3) is 3.76. The number of hydrogen-bond donors (Lipinski definition) is 0. The van der Waals surface area contributed by atoms with Crippen molar-refractivity contribution in [1.29, 1.82) is 0 Å². The molecule has 0 aliphatic carbocycles.